The first kappa shape index (κ1) is 18.8. The normalized spacial score (nSPS) is 17.3. The fourth-order valence-electron chi connectivity index (χ4n) is 3.73. The highest BCUT2D eigenvalue weighted by Crippen LogP contribution is 2.37. The molecule has 2 N–H and O–H groups in total. The molecule has 1 aromatic carbocycles. The first-order valence-corrected chi connectivity index (χ1v) is 10.1. The van der Waals surface area contributed by atoms with Crippen molar-refractivity contribution < 1.29 is 9.18 Å². The molecule has 0 spiro atoms. The van der Waals surface area contributed by atoms with E-state index in [2.05, 4.69) is 4.90 Å². The molecule has 3 aromatic rings. The molecule has 3 heterocycles. The summed E-state index contributed by atoms with van der Waals surface area (Å²) in [6.07, 6.45) is 2.13. The monoisotopic (exact) mass is 398 g/mol. The maximum atomic E-state index is 13.2. The van der Waals surface area contributed by atoms with E-state index in [4.69, 9.17) is 10.7 Å². The van der Waals surface area contributed by atoms with Gasteiger partial charge in [-0.05, 0) is 49.2 Å². The zero-order valence-corrected chi connectivity index (χ0v) is 16.8. The number of benzene rings is 1. The van der Waals surface area contributed by atoms with Crippen LogP contribution in [0.1, 0.15) is 39.8 Å². The van der Waals surface area contributed by atoms with Crippen molar-refractivity contribution in [2.45, 2.75) is 25.4 Å². The number of nitrogens with zero attached hydrogens (tertiary/aromatic N) is 3. The fraction of sp³-hybridized carbons (Fsp3) is 0.333. The lowest BCUT2D eigenvalue weighted by Crippen LogP contribution is -2.23. The molecule has 1 aliphatic heterocycles. The van der Waals surface area contributed by atoms with E-state index >= 15 is 0 Å². The highest BCUT2D eigenvalue weighted by molar-refractivity contribution is 7.21. The molecule has 0 saturated carbocycles. The number of halogens is 1. The topological polar surface area (TPSA) is 62.5 Å². The van der Waals surface area contributed by atoms with Gasteiger partial charge in [-0.2, -0.15) is 0 Å². The van der Waals surface area contributed by atoms with Crippen LogP contribution >= 0.6 is 11.3 Å². The number of amides is 1. The number of nitrogen functional groups attached to an aromatic ring is 1. The first-order chi connectivity index (χ1) is 13.4. The lowest BCUT2D eigenvalue weighted by molar-refractivity contribution is 0.0833. The summed E-state index contributed by atoms with van der Waals surface area (Å²) in [5.74, 6) is -0.312. The second kappa shape index (κ2) is 7.48. The van der Waals surface area contributed by atoms with E-state index in [1.165, 1.54) is 28.4 Å². The molecule has 7 heteroatoms. The van der Waals surface area contributed by atoms with Crippen molar-refractivity contribution >= 4 is 33.1 Å². The van der Waals surface area contributed by atoms with Crippen LogP contribution in [-0.2, 0) is 6.54 Å². The lowest BCUT2D eigenvalue weighted by Gasteiger charge is -2.24. The third-order valence-electron chi connectivity index (χ3n) is 5.22. The minimum Gasteiger partial charge on any atom is -0.397 e. The lowest BCUT2D eigenvalue weighted by atomic mass is 10.1. The van der Waals surface area contributed by atoms with Crippen LogP contribution in [0.2, 0.25) is 0 Å². The number of thiophene rings is 1. The summed E-state index contributed by atoms with van der Waals surface area (Å²) in [4.78, 5) is 22.5. The Morgan fingerprint density at radius 3 is 2.75 bits per heavy atom. The average Bonchev–Trinajstić information content (AvgIpc) is 3.27. The van der Waals surface area contributed by atoms with Crippen LogP contribution in [-0.4, -0.2) is 41.3 Å². The van der Waals surface area contributed by atoms with Crippen molar-refractivity contribution in [3.05, 3.63) is 58.3 Å². The molecule has 2 aromatic heterocycles. The van der Waals surface area contributed by atoms with Crippen LogP contribution < -0.4 is 5.73 Å². The van der Waals surface area contributed by atoms with E-state index in [0.717, 1.165) is 47.4 Å². The Morgan fingerprint density at radius 2 is 2.04 bits per heavy atom. The second-order valence-electron chi connectivity index (χ2n) is 7.39. The Labute approximate surface area is 167 Å². The van der Waals surface area contributed by atoms with E-state index in [1.54, 1.807) is 14.1 Å². The van der Waals surface area contributed by atoms with Crippen LogP contribution in [0.3, 0.4) is 0 Å². The van der Waals surface area contributed by atoms with Gasteiger partial charge in [-0.25, -0.2) is 9.37 Å². The summed E-state index contributed by atoms with van der Waals surface area (Å²) in [6.45, 7) is 1.75. The zero-order valence-electron chi connectivity index (χ0n) is 16.0. The maximum absolute atomic E-state index is 13.2. The van der Waals surface area contributed by atoms with Crippen molar-refractivity contribution in [1.29, 1.82) is 0 Å². The van der Waals surface area contributed by atoms with Crippen LogP contribution in [0.25, 0.3) is 10.2 Å². The van der Waals surface area contributed by atoms with E-state index in [-0.39, 0.29) is 17.8 Å². The first-order valence-electron chi connectivity index (χ1n) is 9.33. The van der Waals surface area contributed by atoms with Gasteiger partial charge < -0.3 is 10.6 Å². The van der Waals surface area contributed by atoms with Gasteiger partial charge in [0.05, 0.1) is 17.4 Å². The molecule has 28 heavy (non-hydrogen) atoms. The number of hydrogen-bond acceptors (Lipinski definition) is 5. The van der Waals surface area contributed by atoms with Crippen molar-refractivity contribution in [2.24, 2.45) is 0 Å². The van der Waals surface area contributed by atoms with Gasteiger partial charge in [0, 0.05) is 26.0 Å². The molecule has 4 rings (SSSR count). The van der Waals surface area contributed by atoms with Gasteiger partial charge in [0.1, 0.15) is 15.5 Å². The van der Waals surface area contributed by atoms with E-state index < -0.39 is 0 Å². The van der Waals surface area contributed by atoms with Crippen molar-refractivity contribution in [3.63, 3.8) is 0 Å². The summed E-state index contributed by atoms with van der Waals surface area (Å²) in [6, 6.07) is 10.9. The van der Waals surface area contributed by atoms with Crippen molar-refractivity contribution in [3.8, 4) is 0 Å². The Kier molecular flexibility index (Phi) is 5.03. The van der Waals surface area contributed by atoms with Crippen molar-refractivity contribution in [1.82, 2.24) is 14.8 Å². The van der Waals surface area contributed by atoms with Gasteiger partial charge in [-0.1, -0.05) is 12.1 Å². The Bertz CT molecular complexity index is 1020. The number of likely N-dealkylation sites (tertiary alicyclic amines) is 1. The quantitative estimate of drug-likeness (QED) is 0.720. The number of anilines is 1. The summed E-state index contributed by atoms with van der Waals surface area (Å²) in [5, 5.41) is 0.835. The molecule has 1 atom stereocenters. The third kappa shape index (κ3) is 3.47. The van der Waals surface area contributed by atoms with Gasteiger partial charge in [-0.3, -0.25) is 9.69 Å². The number of rotatable bonds is 4. The summed E-state index contributed by atoms with van der Waals surface area (Å²) >= 11 is 1.35. The number of pyridine rings is 1. The van der Waals surface area contributed by atoms with Gasteiger partial charge >= 0.3 is 0 Å². The highest BCUT2D eigenvalue weighted by atomic mass is 32.1. The molecule has 146 valence electrons. The predicted molar refractivity (Wildman–Crippen MR) is 111 cm³/mol. The third-order valence-corrected chi connectivity index (χ3v) is 6.32. The zero-order chi connectivity index (χ0) is 19.8. The van der Waals surface area contributed by atoms with Gasteiger partial charge in [-0.15, -0.1) is 11.3 Å². The number of fused-ring (bicyclic) bond motifs is 1. The van der Waals surface area contributed by atoms with Crippen LogP contribution in [0, 0.1) is 5.82 Å². The number of carbonyl (C=O) groups excluding carboxylic acids is 1. The molecule has 1 unspecified atom stereocenters. The second-order valence-corrected chi connectivity index (χ2v) is 8.39. The van der Waals surface area contributed by atoms with Gasteiger partial charge in [0.15, 0.2) is 0 Å². The van der Waals surface area contributed by atoms with E-state index in [1.807, 2.05) is 24.3 Å². The summed E-state index contributed by atoms with van der Waals surface area (Å²) in [5.41, 5.74) is 8.80. The fourth-order valence-corrected chi connectivity index (χ4v) is 4.86. The molecule has 0 radical (unpaired) electrons. The van der Waals surface area contributed by atoms with E-state index in [0.29, 0.717) is 10.6 Å². The average molecular weight is 399 g/mol. The molecular weight excluding hydrogens is 375 g/mol. The molecule has 0 aliphatic carbocycles. The predicted octanol–water partition coefficient (Wildman–Crippen LogP) is 4.06. The molecule has 0 bridgehead atoms. The number of carbonyl (C=O) groups is 1. The minimum atomic E-state index is -0.216. The summed E-state index contributed by atoms with van der Waals surface area (Å²) in [7, 11) is 3.44. The van der Waals surface area contributed by atoms with Crippen molar-refractivity contribution in [2.75, 3.05) is 26.4 Å². The van der Waals surface area contributed by atoms with Gasteiger partial charge in [0.25, 0.3) is 5.91 Å². The standard InChI is InChI=1S/C21H23FN4OS/c1-25(2)21(27)19-18(23)15-9-10-16(24-20(15)28-19)17-4-3-11-26(17)12-13-5-7-14(22)8-6-13/h5-10,17H,3-4,11-12,23H2,1-2H3. The number of nitrogens with two attached hydrogens (primary N) is 1. The van der Waals surface area contributed by atoms with Crippen LogP contribution in [0.15, 0.2) is 36.4 Å². The molecule has 1 fully saturated rings. The molecule has 1 amide bonds. The SMILES string of the molecule is CN(C)C(=O)c1sc2nc(C3CCCN3Cc3ccc(F)cc3)ccc2c1N. The maximum Gasteiger partial charge on any atom is 0.265 e. The summed E-state index contributed by atoms with van der Waals surface area (Å²) < 4.78 is 13.2. The minimum absolute atomic E-state index is 0.0964. The molecule has 5 nitrogen and oxygen atoms in total. The highest BCUT2D eigenvalue weighted by Gasteiger charge is 2.28. The van der Waals surface area contributed by atoms with Gasteiger partial charge in [0.2, 0.25) is 0 Å². The van der Waals surface area contributed by atoms with Crippen LogP contribution in [0.5, 0.6) is 0 Å². The molecule has 1 saturated heterocycles. The Morgan fingerprint density at radius 1 is 1.29 bits per heavy atom. The Hall–Kier alpha value is -2.51. The number of hydrogen-bond donors (Lipinski definition) is 1. The molecular formula is C21H23FN4OS. The smallest absolute Gasteiger partial charge is 0.265 e. The van der Waals surface area contributed by atoms with E-state index in [9.17, 15) is 9.18 Å². The van der Waals surface area contributed by atoms with Crippen LogP contribution in [0.4, 0.5) is 10.1 Å². The molecule has 1 aliphatic rings. The Balaban J connectivity index is 1.62. The largest absolute Gasteiger partial charge is 0.397 e. The number of aromatic nitrogens is 1.